The summed E-state index contributed by atoms with van der Waals surface area (Å²) in [5.74, 6) is 1.41. The summed E-state index contributed by atoms with van der Waals surface area (Å²) >= 11 is 6.64. The number of likely N-dealkylation sites (tertiary alicyclic amines) is 1. The number of benzene rings is 4. The number of hydrogen-bond donors (Lipinski definition) is 4. The van der Waals surface area contributed by atoms with Crippen LogP contribution in [0, 0.1) is 41.0 Å². The molecule has 8 nitrogen and oxygen atoms in total. The first-order valence-electron chi connectivity index (χ1n) is 27.9. The highest BCUT2D eigenvalue weighted by atomic mass is 35.5. The lowest BCUT2D eigenvalue weighted by atomic mass is 9.68. The minimum atomic E-state index is -0.551. The van der Waals surface area contributed by atoms with Crippen LogP contribution in [-0.4, -0.2) is 60.5 Å². The second kappa shape index (κ2) is 23.6. The van der Waals surface area contributed by atoms with Crippen molar-refractivity contribution in [2.24, 2.45) is 30.5 Å². The van der Waals surface area contributed by atoms with Gasteiger partial charge < -0.3 is 31.5 Å². The fourth-order valence-corrected chi connectivity index (χ4v) is 14.5. The minimum absolute atomic E-state index is 0.0569. The van der Waals surface area contributed by atoms with Gasteiger partial charge in [-0.3, -0.25) is 4.68 Å². The molecular weight excluding hydrogens is 980 g/mol. The van der Waals surface area contributed by atoms with E-state index in [1.165, 1.54) is 63.5 Å². The number of rotatable bonds is 14. The van der Waals surface area contributed by atoms with E-state index in [1.54, 1.807) is 23.9 Å². The molecule has 2 saturated heterocycles. The first-order chi connectivity index (χ1) is 36.6. The zero-order valence-electron chi connectivity index (χ0n) is 45.3. The van der Waals surface area contributed by atoms with Crippen molar-refractivity contribution in [3.8, 4) is 11.1 Å². The smallest absolute Gasteiger partial charge is 0.164 e. The van der Waals surface area contributed by atoms with Gasteiger partial charge >= 0.3 is 0 Å². The summed E-state index contributed by atoms with van der Waals surface area (Å²) in [5, 5.41) is 15.0. The van der Waals surface area contributed by atoms with Gasteiger partial charge in [-0.2, -0.15) is 5.10 Å². The van der Waals surface area contributed by atoms with Crippen LogP contribution in [0.25, 0.3) is 27.7 Å². The normalized spacial score (nSPS) is 23.5. The van der Waals surface area contributed by atoms with Gasteiger partial charge in [0.15, 0.2) is 11.6 Å². The van der Waals surface area contributed by atoms with Crippen molar-refractivity contribution in [2.45, 2.75) is 127 Å². The SMILES string of the molecule is C=C(N)c1ccc(CCC)c(F)c1-c1c(Cl)c(F)cc2c1[C@H](C)C(CNC)(c1ccccc1)C2.C=CNC1CC(CN2CCC(c3c(F)cc4c(N5CCC(=C)NC5=C)nn(C)c4c3F)CC2)CC(C2CCCCC2)C1. The number of nitrogens with one attached hydrogen (secondary N) is 3. The molecule has 2 saturated carbocycles. The number of halogens is 5. The second-order valence-electron chi connectivity index (χ2n) is 22.7. The van der Waals surface area contributed by atoms with E-state index in [4.69, 9.17) is 17.3 Å². The minimum Gasteiger partial charge on any atom is -0.399 e. The number of likely N-dealkylation sites (N-methyl/N-ethyl adjacent to an activating group) is 1. The van der Waals surface area contributed by atoms with Crippen molar-refractivity contribution in [3.63, 3.8) is 0 Å². The van der Waals surface area contributed by atoms with Gasteiger partial charge in [-0.1, -0.05) is 133 Å². The summed E-state index contributed by atoms with van der Waals surface area (Å²) in [7, 11) is 3.65. The lowest BCUT2D eigenvalue weighted by Gasteiger charge is -2.42. The molecule has 0 amide bonds. The summed E-state index contributed by atoms with van der Waals surface area (Å²) < 4.78 is 64.7. The maximum absolute atomic E-state index is 16.1. The Labute approximate surface area is 453 Å². The van der Waals surface area contributed by atoms with Crippen molar-refractivity contribution in [1.29, 1.82) is 0 Å². The molecule has 2 aliphatic heterocycles. The van der Waals surface area contributed by atoms with E-state index in [1.807, 2.05) is 43.3 Å². The monoisotopic (exact) mass is 1060 g/mol. The van der Waals surface area contributed by atoms with E-state index in [9.17, 15) is 0 Å². The molecule has 5 aromatic rings. The molecule has 3 aliphatic carbocycles. The van der Waals surface area contributed by atoms with Crippen LogP contribution in [-0.2, 0) is 25.3 Å². The van der Waals surface area contributed by atoms with Crippen molar-refractivity contribution in [1.82, 2.24) is 30.6 Å². The highest BCUT2D eigenvalue weighted by Gasteiger charge is 2.47. The molecule has 4 unspecified atom stereocenters. The fraction of sp³-hybridized carbons (Fsp3) is 0.476. The molecule has 13 heteroatoms. The van der Waals surface area contributed by atoms with Crippen LogP contribution in [0.5, 0.6) is 0 Å². The average molecular weight is 1060 g/mol. The number of piperidine rings is 1. The third-order valence-corrected chi connectivity index (χ3v) is 18.3. The molecule has 1 aromatic heterocycles. The molecule has 4 fully saturated rings. The first kappa shape index (κ1) is 55.2. The zero-order chi connectivity index (χ0) is 54.0. The second-order valence-corrected chi connectivity index (χ2v) is 23.1. The Morgan fingerprint density at radius 1 is 0.908 bits per heavy atom. The van der Waals surface area contributed by atoms with Gasteiger partial charge in [0, 0.05) is 78.2 Å². The molecule has 5 aliphatic rings. The molecule has 3 heterocycles. The Balaban J connectivity index is 0.000000190. The van der Waals surface area contributed by atoms with Gasteiger partial charge in [-0.15, -0.1) is 0 Å². The number of aromatic nitrogens is 2. The summed E-state index contributed by atoms with van der Waals surface area (Å²) in [6, 6.07) is 17.3. The number of anilines is 1. The Hall–Kier alpha value is -5.56. The Morgan fingerprint density at radius 2 is 1.64 bits per heavy atom. The summed E-state index contributed by atoms with van der Waals surface area (Å²) in [5.41, 5.74) is 12.0. The van der Waals surface area contributed by atoms with Crippen molar-refractivity contribution < 1.29 is 17.6 Å². The topological polar surface area (TPSA) is 86.4 Å². The zero-order valence-corrected chi connectivity index (χ0v) is 46.0. The Bertz CT molecular complexity index is 2960. The molecule has 406 valence electrons. The van der Waals surface area contributed by atoms with Gasteiger partial charge in [-0.05, 0) is 135 Å². The maximum atomic E-state index is 16.1. The van der Waals surface area contributed by atoms with Crippen molar-refractivity contribution in [3.05, 3.63) is 160 Å². The van der Waals surface area contributed by atoms with E-state index in [0.717, 1.165) is 73.1 Å². The number of aryl methyl sites for hydroxylation is 2. The Morgan fingerprint density at radius 3 is 2.32 bits per heavy atom. The third-order valence-electron chi connectivity index (χ3n) is 17.9. The van der Waals surface area contributed by atoms with Crippen LogP contribution < -0.4 is 26.6 Å². The molecule has 0 radical (unpaired) electrons. The Kier molecular flexibility index (Phi) is 17.1. The quantitative estimate of drug-likeness (QED) is 0.0825. The number of hydrogen-bond acceptors (Lipinski definition) is 7. The molecular formula is C63H79ClF4N8. The van der Waals surface area contributed by atoms with E-state index >= 15 is 17.6 Å². The van der Waals surface area contributed by atoms with Crippen LogP contribution in [0.2, 0.25) is 5.02 Å². The molecule has 10 rings (SSSR count). The van der Waals surface area contributed by atoms with Gasteiger partial charge in [0.25, 0.3) is 0 Å². The van der Waals surface area contributed by atoms with Crippen LogP contribution in [0.1, 0.15) is 136 Å². The summed E-state index contributed by atoms with van der Waals surface area (Å²) in [6.07, 6.45) is 16.8. The molecule has 0 bridgehead atoms. The number of nitrogens with zero attached hydrogens (tertiary/aromatic N) is 4. The lowest BCUT2D eigenvalue weighted by Crippen LogP contribution is -2.43. The largest absolute Gasteiger partial charge is 0.399 e. The fourth-order valence-electron chi connectivity index (χ4n) is 14.3. The van der Waals surface area contributed by atoms with Crippen LogP contribution in [0.4, 0.5) is 23.4 Å². The maximum Gasteiger partial charge on any atom is 0.164 e. The number of fused-ring (bicyclic) bond motifs is 2. The predicted octanol–water partition coefficient (Wildman–Crippen LogP) is 13.9. The molecule has 4 aromatic carbocycles. The van der Waals surface area contributed by atoms with Crippen LogP contribution in [0.3, 0.4) is 0 Å². The third kappa shape index (κ3) is 10.8. The lowest BCUT2D eigenvalue weighted by molar-refractivity contribution is 0.0996. The summed E-state index contributed by atoms with van der Waals surface area (Å²) in [6.45, 7) is 24.1. The predicted molar refractivity (Wildman–Crippen MR) is 305 cm³/mol. The van der Waals surface area contributed by atoms with E-state index < -0.39 is 23.3 Å². The van der Waals surface area contributed by atoms with Crippen LogP contribution >= 0.6 is 11.6 Å². The summed E-state index contributed by atoms with van der Waals surface area (Å²) in [4.78, 5) is 4.43. The van der Waals surface area contributed by atoms with Gasteiger partial charge in [0.05, 0.1) is 10.4 Å². The van der Waals surface area contributed by atoms with Crippen molar-refractivity contribution >= 4 is 34.0 Å². The van der Waals surface area contributed by atoms with Crippen LogP contribution in [0.15, 0.2) is 98.6 Å². The standard InChI is InChI=1S/C34H48F2N6.C29H31ClF2N2/c1-5-37-28-18-24(17-27(19-28)25-9-7-6-8-10-25)21-41-14-12-26(13-15-41)31-30(35)20-29-33(32(31)36)40(4)39-34(29)42-16-11-22(2)38-23(42)3;1-5-9-19-12-13-22(18(3)33)25(28(19)32)26-24-17(2)29(16-34-4,21-10-7-6-8-11-21)15-20(24)14-23(31)27(26)30/h5,20,24-28,37-38H,1-3,6-19,21H2,4H3;6-8,10-14,17,34H,3,5,9,15-16,33H2,1-2,4H3/t;17-,29?/m.0/s1. The van der Waals surface area contributed by atoms with E-state index in [-0.39, 0.29) is 39.1 Å². The molecule has 5 atom stereocenters. The number of nitrogens with two attached hydrogens (primary N) is 1. The van der Waals surface area contributed by atoms with E-state index in [0.29, 0.717) is 83.5 Å². The van der Waals surface area contributed by atoms with Gasteiger partial charge in [0.1, 0.15) is 28.8 Å². The highest BCUT2D eigenvalue weighted by molar-refractivity contribution is 6.34. The van der Waals surface area contributed by atoms with Gasteiger partial charge in [-0.25, -0.2) is 17.6 Å². The highest BCUT2D eigenvalue weighted by Crippen LogP contribution is 2.55. The molecule has 5 N–H and O–H groups in total. The molecule has 76 heavy (non-hydrogen) atoms. The van der Waals surface area contributed by atoms with Crippen molar-refractivity contribution in [2.75, 3.05) is 44.7 Å². The first-order valence-corrected chi connectivity index (χ1v) is 28.3. The molecule has 0 spiro atoms. The van der Waals surface area contributed by atoms with E-state index in [2.05, 4.69) is 71.3 Å². The average Bonchev–Trinajstić information content (AvgIpc) is 3.90. The van der Waals surface area contributed by atoms with Gasteiger partial charge in [0.2, 0.25) is 0 Å².